The standard InChI is InChI=1S/C10H16FNO5/c1-10(2,3)17-8(14)4-6(9(15)16)12-7(13)5-11/h6H,4-5H2,1-3H3,(H,12,13)(H,15,16). The second-order valence-electron chi connectivity index (χ2n) is 4.38. The molecule has 7 heteroatoms. The minimum absolute atomic E-state index is 0.543. The fourth-order valence-electron chi connectivity index (χ4n) is 0.983. The number of esters is 1. The Balaban J connectivity index is 4.41. The van der Waals surface area contributed by atoms with Gasteiger partial charge in [-0.3, -0.25) is 9.59 Å². The number of aliphatic carboxylic acids is 1. The van der Waals surface area contributed by atoms with E-state index in [0.29, 0.717) is 0 Å². The van der Waals surface area contributed by atoms with Crippen molar-refractivity contribution in [2.45, 2.75) is 38.8 Å². The quantitative estimate of drug-likeness (QED) is 0.682. The van der Waals surface area contributed by atoms with Crippen molar-refractivity contribution < 1.29 is 28.6 Å². The number of carbonyl (C=O) groups excluding carboxylic acids is 2. The van der Waals surface area contributed by atoms with Crippen LogP contribution in [0.25, 0.3) is 0 Å². The average molecular weight is 249 g/mol. The van der Waals surface area contributed by atoms with E-state index in [1.807, 2.05) is 5.32 Å². The van der Waals surface area contributed by atoms with Crippen LogP contribution >= 0.6 is 0 Å². The van der Waals surface area contributed by atoms with Gasteiger partial charge in [-0.2, -0.15) is 0 Å². The Morgan fingerprint density at radius 1 is 1.35 bits per heavy atom. The van der Waals surface area contributed by atoms with Crippen LogP contribution in [0.3, 0.4) is 0 Å². The lowest BCUT2D eigenvalue weighted by molar-refractivity contribution is -0.158. The van der Waals surface area contributed by atoms with Crippen LogP contribution in [0, 0.1) is 0 Å². The molecule has 0 heterocycles. The van der Waals surface area contributed by atoms with Gasteiger partial charge in [0, 0.05) is 0 Å². The molecule has 0 aromatic rings. The van der Waals surface area contributed by atoms with Crippen molar-refractivity contribution in [3.8, 4) is 0 Å². The van der Waals surface area contributed by atoms with Crippen LogP contribution in [0.2, 0.25) is 0 Å². The Morgan fingerprint density at radius 3 is 2.24 bits per heavy atom. The van der Waals surface area contributed by atoms with Gasteiger partial charge in [0.15, 0.2) is 6.67 Å². The number of hydrogen-bond acceptors (Lipinski definition) is 4. The van der Waals surface area contributed by atoms with E-state index in [0.717, 1.165) is 0 Å². The topological polar surface area (TPSA) is 92.7 Å². The van der Waals surface area contributed by atoms with Gasteiger partial charge < -0.3 is 15.2 Å². The Kier molecular flexibility index (Phi) is 5.57. The molecule has 0 bridgehead atoms. The Labute approximate surface area is 98.1 Å². The predicted octanol–water partition coefficient (Wildman–Crippen LogP) is 0.257. The summed E-state index contributed by atoms with van der Waals surface area (Å²) in [6.45, 7) is 3.54. The Morgan fingerprint density at radius 2 is 1.88 bits per heavy atom. The first kappa shape index (κ1) is 15.3. The molecule has 0 saturated carbocycles. The number of nitrogens with one attached hydrogen (secondary N) is 1. The molecule has 0 rings (SSSR count). The molecule has 0 aliphatic carbocycles. The summed E-state index contributed by atoms with van der Waals surface area (Å²) < 4.78 is 16.8. The van der Waals surface area contributed by atoms with Gasteiger partial charge in [-0.1, -0.05) is 0 Å². The van der Waals surface area contributed by atoms with E-state index in [1.54, 1.807) is 20.8 Å². The zero-order chi connectivity index (χ0) is 13.6. The van der Waals surface area contributed by atoms with E-state index >= 15 is 0 Å². The van der Waals surface area contributed by atoms with Crippen LogP contribution in [-0.2, 0) is 19.1 Å². The Bertz CT molecular complexity index is 310. The molecule has 0 aliphatic heterocycles. The highest BCUT2D eigenvalue weighted by Gasteiger charge is 2.26. The molecule has 98 valence electrons. The number of carboxylic acid groups (broad SMARTS) is 1. The average Bonchev–Trinajstić information content (AvgIpc) is 2.13. The monoisotopic (exact) mass is 249 g/mol. The molecular weight excluding hydrogens is 233 g/mol. The fourth-order valence-corrected chi connectivity index (χ4v) is 0.983. The number of alkyl halides is 1. The summed E-state index contributed by atoms with van der Waals surface area (Å²) in [5.74, 6) is -3.28. The fraction of sp³-hybridized carbons (Fsp3) is 0.700. The van der Waals surface area contributed by atoms with Gasteiger partial charge in [-0.15, -0.1) is 0 Å². The molecule has 0 aromatic heterocycles. The van der Waals surface area contributed by atoms with Crippen LogP contribution in [0.1, 0.15) is 27.2 Å². The highest BCUT2D eigenvalue weighted by Crippen LogP contribution is 2.09. The van der Waals surface area contributed by atoms with Gasteiger partial charge in [0.25, 0.3) is 5.91 Å². The third kappa shape index (κ3) is 7.26. The molecule has 0 radical (unpaired) electrons. The predicted molar refractivity (Wildman–Crippen MR) is 56.0 cm³/mol. The van der Waals surface area contributed by atoms with E-state index in [2.05, 4.69) is 0 Å². The van der Waals surface area contributed by atoms with Crippen LogP contribution < -0.4 is 5.32 Å². The summed E-state index contributed by atoms with van der Waals surface area (Å²) in [5.41, 5.74) is -0.746. The minimum Gasteiger partial charge on any atom is -0.480 e. The van der Waals surface area contributed by atoms with Crippen LogP contribution in [0.4, 0.5) is 4.39 Å². The largest absolute Gasteiger partial charge is 0.480 e. The summed E-state index contributed by atoms with van der Waals surface area (Å²) in [4.78, 5) is 32.7. The normalized spacial score (nSPS) is 12.7. The van der Waals surface area contributed by atoms with Crippen LogP contribution in [-0.4, -0.2) is 41.3 Å². The first-order valence-corrected chi connectivity index (χ1v) is 4.95. The molecule has 17 heavy (non-hydrogen) atoms. The number of carboxylic acids is 1. The number of amides is 1. The van der Waals surface area contributed by atoms with E-state index < -0.39 is 42.6 Å². The lowest BCUT2D eigenvalue weighted by Crippen LogP contribution is -2.43. The summed E-state index contributed by atoms with van der Waals surface area (Å²) in [6, 6.07) is -1.48. The highest BCUT2D eigenvalue weighted by atomic mass is 19.1. The molecule has 1 unspecified atom stereocenters. The lowest BCUT2D eigenvalue weighted by atomic mass is 10.1. The van der Waals surface area contributed by atoms with Gasteiger partial charge in [-0.05, 0) is 20.8 Å². The highest BCUT2D eigenvalue weighted by molar-refractivity contribution is 5.87. The van der Waals surface area contributed by atoms with Gasteiger partial charge in [0.05, 0.1) is 6.42 Å². The van der Waals surface area contributed by atoms with Crippen molar-refractivity contribution in [1.82, 2.24) is 5.32 Å². The number of hydrogen-bond donors (Lipinski definition) is 2. The van der Waals surface area contributed by atoms with Gasteiger partial charge in [0.1, 0.15) is 11.6 Å². The molecule has 6 nitrogen and oxygen atoms in total. The third-order valence-electron chi connectivity index (χ3n) is 1.55. The molecule has 0 fully saturated rings. The van der Waals surface area contributed by atoms with E-state index in [9.17, 15) is 18.8 Å². The number of carbonyl (C=O) groups is 3. The molecule has 0 aromatic carbocycles. The molecular formula is C10H16FNO5. The van der Waals surface area contributed by atoms with Crippen molar-refractivity contribution in [3.63, 3.8) is 0 Å². The van der Waals surface area contributed by atoms with Crippen molar-refractivity contribution in [2.24, 2.45) is 0 Å². The lowest BCUT2D eigenvalue weighted by Gasteiger charge is -2.21. The minimum atomic E-state index is -1.48. The SMILES string of the molecule is CC(C)(C)OC(=O)CC(NC(=O)CF)C(=O)O. The van der Waals surface area contributed by atoms with Gasteiger partial charge in [0.2, 0.25) is 0 Å². The Hall–Kier alpha value is -1.66. The van der Waals surface area contributed by atoms with Gasteiger partial charge >= 0.3 is 11.9 Å². The number of rotatable bonds is 5. The number of ether oxygens (including phenoxy) is 1. The van der Waals surface area contributed by atoms with E-state index in [-0.39, 0.29) is 0 Å². The van der Waals surface area contributed by atoms with Crippen molar-refractivity contribution in [1.29, 1.82) is 0 Å². The smallest absolute Gasteiger partial charge is 0.326 e. The molecule has 2 N–H and O–H groups in total. The van der Waals surface area contributed by atoms with E-state index in [1.165, 1.54) is 0 Å². The first-order valence-electron chi connectivity index (χ1n) is 4.95. The molecule has 1 atom stereocenters. The van der Waals surface area contributed by atoms with E-state index in [4.69, 9.17) is 9.84 Å². The second kappa shape index (κ2) is 6.17. The summed E-state index contributed by atoms with van der Waals surface area (Å²) >= 11 is 0. The van der Waals surface area contributed by atoms with Crippen LogP contribution in [0.15, 0.2) is 0 Å². The van der Waals surface area contributed by atoms with Crippen molar-refractivity contribution in [3.05, 3.63) is 0 Å². The molecule has 1 amide bonds. The maximum Gasteiger partial charge on any atom is 0.326 e. The van der Waals surface area contributed by atoms with Crippen molar-refractivity contribution >= 4 is 17.8 Å². The third-order valence-corrected chi connectivity index (χ3v) is 1.55. The van der Waals surface area contributed by atoms with Gasteiger partial charge in [-0.25, -0.2) is 9.18 Å². The van der Waals surface area contributed by atoms with Crippen LogP contribution in [0.5, 0.6) is 0 Å². The summed E-state index contributed by atoms with van der Waals surface area (Å²) in [5, 5.41) is 10.6. The summed E-state index contributed by atoms with van der Waals surface area (Å²) in [7, 11) is 0. The number of halogens is 1. The zero-order valence-corrected chi connectivity index (χ0v) is 9.95. The first-order chi connectivity index (χ1) is 7.65. The molecule has 0 saturated heterocycles. The zero-order valence-electron chi connectivity index (χ0n) is 9.95. The maximum absolute atomic E-state index is 11.9. The second-order valence-corrected chi connectivity index (χ2v) is 4.38. The maximum atomic E-state index is 11.9. The molecule has 0 aliphatic rings. The molecule has 0 spiro atoms. The summed E-state index contributed by atoms with van der Waals surface area (Å²) in [6.07, 6.45) is -0.543. The van der Waals surface area contributed by atoms with Crippen molar-refractivity contribution in [2.75, 3.05) is 6.67 Å².